The Balaban J connectivity index is 1.71. The summed E-state index contributed by atoms with van der Waals surface area (Å²) in [6.07, 6.45) is 4.17. The van der Waals surface area contributed by atoms with E-state index in [-0.39, 0.29) is 0 Å². The number of aromatic nitrogens is 4. The van der Waals surface area contributed by atoms with Gasteiger partial charge < -0.3 is 5.32 Å². The largest absolute Gasteiger partial charge is 0.382 e. The van der Waals surface area contributed by atoms with Gasteiger partial charge in [0.05, 0.1) is 5.69 Å². The minimum absolute atomic E-state index is 0.604. The molecule has 5 nitrogen and oxygen atoms in total. The van der Waals surface area contributed by atoms with Gasteiger partial charge in [-0.2, -0.15) is 0 Å². The summed E-state index contributed by atoms with van der Waals surface area (Å²) in [6.45, 7) is 6.68. The van der Waals surface area contributed by atoms with Crippen LogP contribution in [-0.2, 0) is 0 Å². The molecule has 0 unspecified atom stereocenters. The Bertz CT molecular complexity index is 570. The molecule has 20 heavy (non-hydrogen) atoms. The second kappa shape index (κ2) is 5.23. The van der Waals surface area contributed by atoms with Crippen molar-refractivity contribution in [1.82, 2.24) is 20.2 Å². The SMILES string of the molecule is Cc1ccc(NC2CC(C(C)C)C2)cc1-n1cnnn1. The molecule has 106 valence electrons. The van der Waals surface area contributed by atoms with Crippen LogP contribution in [0, 0.1) is 18.8 Å². The van der Waals surface area contributed by atoms with Crippen molar-refractivity contribution in [2.45, 2.75) is 39.7 Å². The first kappa shape index (κ1) is 13.1. The van der Waals surface area contributed by atoms with Gasteiger partial charge in [0.15, 0.2) is 0 Å². The van der Waals surface area contributed by atoms with Crippen LogP contribution in [0.1, 0.15) is 32.3 Å². The van der Waals surface area contributed by atoms with Gasteiger partial charge in [-0.25, -0.2) is 4.68 Å². The van der Waals surface area contributed by atoms with E-state index in [9.17, 15) is 0 Å². The van der Waals surface area contributed by atoms with Crippen molar-refractivity contribution in [3.8, 4) is 5.69 Å². The van der Waals surface area contributed by atoms with Gasteiger partial charge in [0, 0.05) is 11.7 Å². The first-order chi connectivity index (χ1) is 9.63. The average Bonchev–Trinajstić information content (AvgIpc) is 2.88. The van der Waals surface area contributed by atoms with Crippen molar-refractivity contribution >= 4 is 5.69 Å². The number of rotatable bonds is 4. The number of nitrogens with zero attached hydrogens (tertiary/aromatic N) is 4. The van der Waals surface area contributed by atoms with E-state index < -0.39 is 0 Å². The predicted octanol–water partition coefficient (Wildman–Crippen LogP) is 2.82. The molecule has 1 aliphatic carbocycles. The third-order valence-electron chi connectivity index (χ3n) is 4.29. The fraction of sp³-hybridized carbons (Fsp3) is 0.533. The maximum Gasteiger partial charge on any atom is 0.143 e. The van der Waals surface area contributed by atoms with Crippen molar-refractivity contribution in [3.63, 3.8) is 0 Å². The number of hydrogen-bond donors (Lipinski definition) is 1. The molecule has 5 heteroatoms. The lowest BCUT2D eigenvalue weighted by atomic mass is 9.73. The lowest BCUT2D eigenvalue weighted by Gasteiger charge is -2.39. The van der Waals surface area contributed by atoms with Gasteiger partial charge in [-0.05, 0) is 59.7 Å². The average molecular weight is 271 g/mol. The van der Waals surface area contributed by atoms with E-state index in [1.54, 1.807) is 11.0 Å². The number of hydrogen-bond acceptors (Lipinski definition) is 4. The molecule has 1 fully saturated rings. The third kappa shape index (κ3) is 2.53. The van der Waals surface area contributed by atoms with E-state index in [2.05, 4.69) is 59.8 Å². The molecule has 1 N–H and O–H groups in total. The Morgan fingerprint density at radius 3 is 2.75 bits per heavy atom. The summed E-state index contributed by atoms with van der Waals surface area (Å²) in [5.41, 5.74) is 3.34. The van der Waals surface area contributed by atoms with Crippen molar-refractivity contribution < 1.29 is 0 Å². The molecule has 0 radical (unpaired) electrons. The van der Waals surface area contributed by atoms with Crippen LogP contribution in [-0.4, -0.2) is 26.2 Å². The van der Waals surface area contributed by atoms with E-state index >= 15 is 0 Å². The molecule has 1 heterocycles. The standard InChI is InChI=1S/C15H21N5/c1-10(2)12-6-14(7-12)17-13-5-4-11(3)15(8-13)20-9-16-18-19-20/h4-5,8-10,12,14,17H,6-7H2,1-3H3. The highest BCUT2D eigenvalue weighted by atomic mass is 15.5. The zero-order valence-corrected chi connectivity index (χ0v) is 12.2. The molecule has 1 aromatic carbocycles. The van der Waals surface area contributed by atoms with Gasteiger partial charge in [-0.1, -0.05) is 19.9 Å². The van der Waals surface area contributed by atoms with Crippen LogP contribution in [0.4, 0.5) is 5.69 Å². The summed E-state index contributed by atoms with van der Waals surface area (Å²) in [6, 6.07) is 6.96. The fourth-order valence-electron chi connectivity index (χ4n) is 2.78. The van der Waals surface area contributed by atoms with Gasteiger partial charge in [-0.3, -0.25) is 0 Å². The minimum Gasteiger partial charge on any atom is -0.382 e. The Kier molecular flexibility index (Phi) is 3.42. The Labute approximate surface area is 119 Å². The smallest absolute Gasteiger partial charge is 0.143 e. The van der Waals surface area contributed by atoms with E-state index in [1.807, 2.05) is 0 Å². The molecule has 0 amide bonds. The molecule has 0 aliphatic heterocycles. The Morgan fingerprint density at radius 1 is 1.30 bits per heavy atom. The van der Waals surface area contributed by atoms with E-state index in [0.717, 1.165) is 28.8 Å². The molecule has 1 saturated carbocycles. The van der Waals surface area contributed by atoms with Crippen LogP contribution in [0.15, 0.2) is 24.5 Å². The van der Waals surface area contributed by atoms with Crippen molar-refractivity contribution in [2.24, 2.45) is 11.8 Å². The van der Waals surface area contributed by atoms with Crippen molar-refractivity contribution in [2.75, 3.05) is 5.32 Å². The quantitative estimate of drug-likeness (QED) is 0.929. The zero-order valence-electron chi connectivity index (χ0n) is 12.2. The molecule has 1 aliphatic rings. The monoisotopic (exact) mass is 271 g/mol. The number of anilines is 1. The molecule has 0 atom stereocenters. The van der Waals surface area contributed by atoms with Crippen LogP contribution < -0.4 is 5.32 Å². The van der Waals surface area contributed by atoms with Gasteiger partial charge in [0.2, 0.25) is 0 Å². The van der Waals surface area contributed by atoms with Crippen molar-refractivity contribution in [3.05, 3.63) is 30.1 Å². The first-order valence-electron chi connectivity index (χ1n) is 7.24. The molecule has 0 spiro atoms. The molecule has 2 aromatic rings. The van der Waals surface area contributed by atoms with Gasteiger partial charge in [0.25, 0.3) is 0 Å². The molecular weight excluding hydrogens is 250 g/mol. The highest BCUT2D eigenvalue weighted by Gasteiger charge is 2.30. The molecule has 0 bridgehead atoms. The van der Waals surface area contributed by atoms with Gasteiger partial charge >= 0.3 is 0 Å². The number of aryl methyl sites for hydroxylation is 1. The molecular formula is C15H21N5. The second-order valence-corrected chi connectivity index (χ2v) is 6.07. The highest BCUT2D eigenvalue weighted by Crippen LogP contribution is 2.35. The van der Waals surface area contributed by atoms with E-state index in [1.165, 1.54) is 12.8 Å². The lowest BCUT2D eigenvalue weighted by Crippen LogP contribution is -2.37. The number of benzene rings is 1. The van der Waals surface area contributed by atoms with E-state index in [0.29, 0.717) is 6.04 Å². The third-order valence-corrected chi connectivity index (χ3v) is 4.29. The molecule has 3 rings (SSSR count). The van der Waals surface area contributed by atoms with Crippen molar-refractivity contribution in [1.29, 1.82) is 0 Å². The van der Waals surface area contributed by atoms with E-state index in [4.69, 9.17) is 0 Å². The summed E-state index contributed by atoms with van der Waals surface area (Å²) in [7, 11) is 0. The fourth-order valence-corrected chi connectivity index (χ4v) is 2.78. The van der Waals surface area contributed by atoms with Gasteiger partial charge in [0.1, 0.15) is 6.33 Å². The highest BCUT2D eigenvalue weighted by molar-refractivity contribution is 5.55. The van der Waals surface area contributed by atoms with Crippen LogP contribution in [0.25, 0.3) is 5.69 Å². The lowest BCUT2D eigenvalue weighted by molar-refractivity contribution is 0.212. The zero-order chi connectivity index (χ0) is 14.1. The van der Waals surface area contributed by atoms with Crippen LogP contribution in [0.5, 0.6) is 0 Å². The molecule has 1 aromatic heterocycles. The Hall–Kier alpha value is -1.91. The minimum atomic E-state index is 0.604. The molecule has 0 saturated heterocycles. The number of tetrazole rings is 1. The predicted molar refractivity (Wildman–Crippen MR) is 78.9 cm³/mol. The van der Waals surface area contributed by atoms with Crippen LogP contribution in [0.3, 0.4) is 0 Å². The second-order valence-electron chi connectivity index (χ2n) is 6.07. The first-order valence-corrected chi connectivity index (χ1v) is 7.24. The maximum atomic E-state index is 3.96. The summed E-state index contributed by atoms with van der Waals surface area (Å²) in [4.78, 5) is 0. The maximum absolute atomic E-state index is 3.96. The summed E-state index contributed by atoms with van der Waals surface area (Å²) < 4.78 is 1.71. The normalized spacial score (nSPS) is 21.8. The van der Waals surface area contributed by atoms with Crippen LogP contribution in [0.2, 0.25) is 0 Å². The topological polar surface area (TPSA) is 55.6 Å². The summed E-state index contributed by atoms with van der Waals surface area (Å²) >= 11 is 0. The number of nitrogens with one attached hydrogen (secondary N) is 1. The Morgan fingerprint density at radius 2 is 2.10 bits per heavy atom. The summed E-state index contributed by atoms with van der Waals surface area (Å²) in [5, 5.41) is 15.0. The summed E-state index contributed by atoms with van der Waals surface area (Å²) in [5.74, 6) is 1.67. The van der Waals surface area contributed by atoms with Gasteiger partial charge in [-0.15, -0.1) is 5.10 Å². The van der Waals surface area contributed by atoms with Crippen LogP contribution >= 0.6 is 0 Å².